The lowest BCUT2D eigenvalue weighted by Crippen LogP contribution is -2.17. The van der Waals surface area contributed by atoms with Crippen molar-refractivity contribution in [1.29, 1.82) is 0 Å². The molecule has 32 heavy (non-hydrogen) atoms. The number of carbonyl (C=O) groups is 1. The molecular formula is C23H25N3O5S. The van der Waals surface area contributed by atoms with E-state index in [2.05, 4.69) is 10.6 Å². The fourth-order valence-corrected chi connectivity index (χ4v) is 3.79. The van der Waals surface area contributed by atoms with Gasteiger partial charge in [-0.15, -0.1) is 0 Å². The highest BCUT2D eigenvalue weighted by Crippen LogP contribution is 2.35. The Labute approximate surface area is 187 Å². The molecule has 168 valence electrons. The van der Waals surface area contributed by atoms with Crippen LogP contribution in [0.2, 0.25) is 0 Å². The van der Waals surface area contributed by atoms with Gasteiger partial charge in [0.2, 0.25) is 10.0 Å². The molecular weight excluding hydrogens is 430 g/mol. The molecule has 8 nitrogen and oxygen atoms in total. The van der Waals surface area contributed by atoms with Gasteiger partial charge in [0, 0.05) is 12.2 Å². The molecule has 0 radical (unpaired) electrons. The minimum atomic E-state index is -4.18. The molecule has 0 aliphatic carbocycles. The number of sulfonamides is 1. The van der Waals surface area contributed by atoms with E-state index >= 15 is 0 Å². The highest BCUT2D eigenvalue weighted by Gasteiger charge is 2.22. The number of hydrogen-bond acceptors (Lipinski definition) is 7. The summed E-state index contributed by atoms with van der Waals surface area (Å²) in [6.45, 7) is 2.23. The van der Waals surface area contributed by atoms with E-state index < -0.39 is 16.0 Å². The van der Waals surface area contributed by atoms with Crippen LogP contribution < -0.4 is 20.5 Å². The first-order valence-corrected chi connectivity index (χ1v) is 11.4. The second-order valence-corrected chi connectivity index (χ2v) is 8.38. The third-order valence-corrected chi connectivity index (χ3v) is 5.54. The van der Waals surface area contributed by atoms with E-state index in [-0.39, 0.29) is 22.8 Å². The summed E-state index contributed by atoms with van der Waals surface area (Å²) in [5.74, 6) is 0.0125. The van der Waals surface area contributed by atoms with Gasteiger partial charge in [0.1, 0.15) is 10.6 Å². The van der Waals surface area contributed by atoms with E-state index in [0.29, 0.717) is 23.7 Å². The van der Waals surface area contributed by atoms with Crippen molar-refractivity contribution < 1.29 is 22.7 Å². The van der Waals surface area contributed by atoms with Crippen molar-refractivity contribution in [3.8, 4) is 5.75 Å². The van der Waals surface area contributed by atoms with E-state index in [0.717, 1.165) is 5.56 Å². The highest BCUT2D eigenvalue weighted by atomic mass is 32.2. The lowest BCUT2D eigenvalue weighted by Gasteiger charge is -2.19. The Morgan fingerprint density at radius 2 is 1.72 bits per heavy atom. The van der Waals surface area contributed by atoms with Gasteiger partial charge < -0.3 is 20.1 Å². The normalized spacial score (nSPS) is 11.0. The Hall–Kier alpha value is -3.56. The van der Waals surface area contributed by atoms with Crippen molar-refractivity contribution >= 4 is 33.1 Å². The second-order valence-electron chi connectivity index (χ2n) is 6.86. The number of primary sulfonamides is 1. The molecule has 0 heterocycles. The number of methoxy groups -OCH3 is 1. The van der Waals surface area contributed by atoms with E-state index in [9.17, 15) is 13.2 Å². The number of benzene rings is 3. The molecule has 0 amide bonds. The maximum Gasteiger partial charge on any atom is 0.338 e. The molecule has 0 saturated heterocycles. The third kappa shape index (κ3) is 5.77. The van der Waals surface area contributed by atoms with Crippen molar-refractivity contribution in [2.45, 2.75) is 18.4 Å². The Kier molecular flexibility index (Phi) is 7.34. The highest BCUT2D eigenvalue weighted by molar-refractivity contribution is 7.89. The van der Waals surface area contributed by atoms with Gasteiger partial charge in [-0.05, 0) is 48.9 Å². The van der Waals surface area contributed by atoms with Crippen molar-refractivity contribution in [2.75, 3.05) is 24.4 Å². The van der Waals surface area contributed by atoms with Crippen molar-refractivity contribution in [3.63, 3.8) is 0 Å². The molecule has 0 fully saturated rings. The zero-order valence-corrected chi connectivity index (χ0v) is 18.6. The standard InChI is InChI=1S/C23H25N3O5S/c1-3-31-23(27)17-13-20(25-15-16-7-5-4-6-8-16)22(21(14-17)32(24,28)29)26-18-9-11-19(30-2)12-10-18/h4-14,25-26H,3,15H2,1-2H3,(H2,24,28,29). The average molecular weight is 456 g/mol. The number of anilines is 3. The summed E-state index contributed by atoms with van der Waals surface area (Å²) in [5.41, 5.74) is 2.27. The topological polar surface area (TPSA) is 120 Å². The van der Waals surface area contributed by atoms with E-state index in [4.69, 9.17) is 14.6 Å². The first-order valence-electron chi connectivity index (χ1n) is 9.88. The SMILES string of the molecule is CCOC(=O)c1cc(NCc2ccccc2)c(Nc2ccc(OC)cc2)c(S(N)(=O)=O)c1. The second kappa shape index (κ2) is 10.2. The average Bonchev–Trinajstić information content (AvgIpc) is 2.78. The van der Waals surface area contributed by atoms with Gasteiger partial charge in [-0.2, -0.15) is 0 Å². The number of nitrogens with two attached hydrogens (primary N) is 1. The molecule has 0 atom stereocenters. The van der Waals surface area contributed by atoms with Gasteiger partial charge in [-0.3, -0.25) is 0 Å². The van der Waals surface area contributed by atoms with Gasteiger partial charge in [-0.25, -0.2) is 18.4 Å². The van der Waals surface area contributed by atoms with Gasteiger partial charge >= 0.3 is 5.97 Å². The summed E-state index contributed by atoms with van der Waals surface area (Å²) in [6.07, 6.45) is 0. The minimum Gasteiger partial charge on any atom is -0.497 e. The minimum absolute atomic E-state index is 0.0757. The Balaban J connectivity index is 2.09. The molecule has 3 rings (SSSR count). The maximum absolute atomic E-state index is 12.4. The van der Waals surface area contributed by atoms with Crippen LogP contribution in [0.3, 0.4) is 0 Å². The summed E-state index contributed by atoms with van der Waals surface area (Å²) < 4.78 is 35.1. The Morgan fingerprint density at radius 3 is 2.31 bits per heavy atom. The van der Waals surface area contributed by atoms with Crippen LogP contribution >= 0.6 is 0 Å². The number of rotatable bonds is 9. The van der Waals surface area contributed by atoms with Gasteiger partial charge in [0.25, 0.3) is 0 Å². The summed E-state index contributed by atoms with van der Waals surface area (Å²) in [7, 11) is -2.62. The largest absolute Gasteiger partial charge is 0.497 e. The van der Waals surface area contributed by atoms with Crippen LogP contribution in [0.1, 0.15) is 22.8 Å². The molecule has 4 N–H and O–H groups in total. The van der Waals surface area contributed by atoms with Crippen molar-refractivity contribution in [3.05, 3.63) is 77.9 Å². The molecule has 0 saturated carbocycles. The van der Waals surface area contributed by atoms with Gasteiger partial charge in [0.15, 0.2) is 0 Å². The molecule has 0 spiro atoms. The lowest BCUT2D eigenvalue weighted by atomic mass is 10.1. The molecule has 3 aromatic rings. The van der Waals surface area contributed by atoms with E-state index in [1.165, 1.54) is 6.07 Å². The van der Waals surface area contributed by atoms with Crippen molar-refractivity contribution in [1.82, 2.24) is 0 Å². The first-order chi connectivity index (χ1) is 15.3. The maximum atomic E-state index is 12.4. The van der Waals surface area contributed by atoms with Crippen LogP contribution in [-0.2, 0) is 21.3 Å². The quantitative estimate of drug-likeness (QED) is 0.419. The van der Waals surface area contributed by atoms with Gasteiger partial charge in [-0.1, -0.05) is 30.3 Å². The monoisotopic (exact) mass is 455 g/mol. The third-order valence-electron chi connectivity index (χ3n) is 4.60. The zero-order chi connectivity index (χ0) is 23.1. The van der Waals surface area contributed by atoms with Crippen LogP contribution in [0, 0.1) is 0 Å². The smallest absolute Gasteiger partial charge is 0.338 e. The summed E-state index contributed by atoms with van der Waals surface area (Å²) in [5, 5.41) is 11.8. The number of hydrogen-bond donors (Lipinski definition) is 3. The number of esters is 1. The number of carbonyl (C=O) groups excluding carboxylic acids is 1. The van der Waals surface area contributed by atoms with Crippen LogP contribution in [0.25, 0.3) is 0 Å². The van der Waals surface area contributed by atoms with Crippen LogP contribution in [0.5, 0.6) is 5.75 Å². The number of ether oxygens (including phenoxy) is 2. The predicted molar refractivity (Wildman–Crippen MR) is 124 cm³/mol. The molecule has 0 aromatic heterocycles. The molecule has 0 aliphatic heterocycles. The fourth-order valence-electron chi connectivity index (χ4n) is 3.05. The van der Waals surface area contributed by atoms with Crippen molar-refractivity contribution in [2.24, 2.45) is 5.14 Å². The molecule has 0 unspecified atom stereocenters. The van der Waals surface area contributed by atoms with Gasteiger partial charge in [0.05, 0.1) is 30.7 Å². The van der Waals surface area contributed by atoms with Crippen LogP contribution in [0.15, 0.2) is 71.6 Å². The predicted octanol–water partition coefficient (Wildman–Crippen LogP) is 3.88. The van der Waals surface area contributed by atoms with E-state index in [1.807, 2.05) is 30.3 Å². The summed E-state index contributed by atoms with van der Waals surface area (Å²) >= 11 is 0. The summed E-state index contributed by atoms with van der Waals surface area (Å²) in [4.78, 5) is 12.1. The zero-order valence-electron chi connectivity index (χ0n) is 17.8. The van der Waals surface area contributed by atoms with E-state index in [1.54, 1.807) is 44.4 Å². The molecule has 0 aliphatic rings. The Morgan fingerprint density at radius 1 is 1.03 bits per heavy atom. The molecule has 9 heteroatoms. The fraction of sp³-hybridized carbons (Fsp3) is 0.174. The lowest BCUT2D eigenvalue weighted by molar-refractivity contribution is 0.0526. The molecule has 3 aromatic carbocycles. The molecule has 0 bridgehead atoms. The van der Waals surface area contributed by atoms with Crippen LogP contribution in [-0.4, -0.2) is 28.1 Å². The summed E-state index contributed by atoms with van der Waals surface area (Å²) in [6, 6.07) is 19.3. The van der Waals surface area contributed by atoms with Crippen LogP contribution in [0.4, 0.5) is 17.1 Å². The Bertz CT molecular complexity index is 1180. The number of nitrogens with one attached hydrogen (secondary N) is 2. The first kappa shape index (κ1) is 23.1.